The molecule has 0 aliphatic rings. The number of carbonyl (C=O) groups is 1. The Morgan fingerprint density at radius 3 is 2.41 bits per heavy atom. The van der Waals surface area contributed by atoms with E-state index < -0.39 is 28.3 Å². The smallest absolute Gasteiger partial charge is 0.235 e. The number of carbonyl (C=O) groups excluding carboxylic acids is 1. The molecule has 0 saturated heterocycles. The minimum Gasteiger partial charge on any atom is -0.492 e. The summed E-state index contributed by atoms with van der Waals surface area (Å²) < 4.78 is 56.5. The van der Waals surface area contributed by atoms with Gasteiger partial charge in [-0.3, -0.25) is 4.79 Å². The van der Waals surface area contributed by atoms with Crippen LogP contribution >= 0.6 is 0 Å². The second kappa shape index (κ2) is 9.43. The van der Waals surface area contributed by atoms with Crippen molar-refractivity contribution >= 4 is 15.9 Å². The van der Waals surface area contributed by atoms with Crippen LogP contribution in [0.5, 0.6) is 5.75 Å². The molecular formula is C18H20F2N2O4S. The number of halogens is 2. The highest BCUT2D eigenvalue weighted by Crippen LogP contribution is 2.12. The van der Waals surface area contributed by atoms with Crippen molar-refractivity contribution in [2.45, 2.75) is 6.54 Å². The molecule has 146 valence electrons. The Morgan fingerprint density at radius 1 is 1.11 bits per heavy atom. The van der Waals surface area contributed by atoms with E-state index in [2.05, 4.69) is 5.32 Å². The van der Waals surface area contributed by atoms with Gasteiger partial charge in [-0.25, -0.2) is 17.2 Å². The van der Waals surface area contributed by atoms with Gasteiger partial charge in [0.15, 0.2) is 0 Å². The topological polar surface area (TPSA) is 75.7 Å². The Kier molecular flexibility index (Phi) is 7.26. The zero-order chi connectivity index (χ0) is 19.9. The Bertz CT molecular complexity index is 873. The second-order valence-corrected chi connectivity index (χ2v) is 7.76. The van der Waals surface area contributed by atoms with Crippen LogP contribution in [0.15, 0.2) is 48.5 Å². The Balaban J connectivity index is 1.85. The molecule has 0 bridgehead atoms. The van der Waals surface area contributed by atoms with Crippen molar-refractivity contribution in [3.63, 3.8) is 0 Å². The van der Waals surface area contributed by atoms with Crippen LogP contribution in [0.2, 0.25) is 0 Å². The van der Waals surface area contributed by atoms with E-state index in [1.807, 2.05) is 0 Å². The first-order valence-electron chi connectivity index (χ1n) is 8.09. The zero-order valence-electron chi connectivity index (χ0n) is 14.7. The molecule has 9 heteroatoms. The molecule has 6 nitrogen and oxygen atoms in total. The van der Waals surface area contributed by atoms with Crippen molar-refractivity contribution < 1.29 is 26.7 Å². The Labute approximate surface area is 156 Å². The molecule has 0 unspecified atom stereocenters. The normalized spacial score (nSPS) is 11.4. The first-order chi connectivity index (χ1) is 12.8. The number of nitrogens with zero attached hydrogens (tertiary/aromatic N) is 1. The van der Waals surface area contributed by atoms with Crippen LogP contribution in [-0.2, 0) is 21.4 Å². The zero-order valence-corrected chi connectivity index (χ0v) is 15.5. The van der Waals surface area contributed by atoms with Crippen molar-refractivity contribution in [3.05, 3.63) is 65.7 Å². The van der Waals surface area contributed by atoms with E-state index in [1.54, 1.807) is 6.07 Å². The van der Waals surface area contributed by atoms with E-state index in [4.69, 9.17) is 4.74 Å². The molecule has 0 radical (unpaired) electrons. The first-order valence-corrected chi connectivity index (χ1v) is 9.94. The lowest BCUT2D eigenvalue weighted by Gasteiger charge is -2.20. The predicted molar refractivity (Wildman–Crippen MR) is 96.6 cm³/mol. The van der Waals surface area contributed by atoms with Crippen LogP contribution in [0.1, 0.15) is 5.56 Å². The van der Waals surface area contributed by atoms with Crippen LogP contribution in [0.4, 0.5) is 8.78 Å². The van der Waals surface area contributed by atoms with Gasteiger partial charge in [0.2, 0.25) is 15.9 Å². The molecule has 2 rings (SSSR count). The second-order valence-electron chi connectivity index (χ2n) is 5.77. The van der Waals surface area contributed by atoms with Gasteiger partial charge in [-0.15, -0.1) is 0 Å². The SMILES string of the molecule is CS(=O)(=O)N(CC(=O)NCCOc1ccc(F)cc1)Cc1ccccc1F. The van der Waals surface area contributed by atoms with Crippen LogP contribution in [0.25, 0.3) is 0 Å². The van der Waals surface area contributed by atoms with Crippen LogP contribution < -0.4 is 10.1 Å². The highest BCUT2D eigenvalue weighted by molar-refractivity contribution is 7.88. The van der Waals surface area contributed by atoms with Crippen LogP contribution in [0.3, 0.4) is 0 Å². The number of sulfonamides is 1. The van der Waals surface area contributed by atoms with Gasteiger partial charge in [0.1, 0.15) is 24.0 Å². The van der Waals surface area contributed by atoms with Gasteiger partial charge in [0, 0.05) is 12.1 Å². The lowest BCUT2D eigenvalue weighted by atomic mass is 10.2. The molecule has 2 aromatic rings. The van der Waals surface area contributed by atoms with E-state index in [0.29, 0.717) is 5.75 Å². The average molecular weight is 398 g/mol. The number of amides is 1. The van der Waals surface area contributed by atoms with Crippen molar-refractivity contribution in [3.8, 4) is 5.75 Å². The van der Waals surface area contributed by atoms with Crippen molar-refractivity contribution in [2.24, 2.45) is 0 Å². The summed E-state index contributed by atoms with van der Waals surface area (Å²) >= 11 is 0. The van der Waals surface area contributed by atoms with Gasteiger partial charge in [-0.05, 0) is 30.3 Å². The van der Waals surface area contributed by atoms with Gasteiger partial charge < -0.3 is 10.1 Å². The molecule has 0 fully saturated rings. The maximum atomic E-state index is 13.7. The van der Waals surface area contributed by atoms with Crippen LogP contribution in [0, 0.1) is 11.6 Å². The highest BCUT2D eigenvalue weighted by Gasteiger charge is 2.21. The minimum atomic E-state index is -3.71. The fraction of sp³-hybridized carbons (Fsp3) is 0.278. The van der Waals surface area contributed by atoms with Crippen molar-refractivity contribution in [1.29, 1.82) is 0 Å². The molecule has 0 saturated carbocycles. The summed E-state index contributed by atoms with van der Waals surface area (Å²) in [6, 6.07) is 11.2. The fourth-order valence-electron chi connectivity index (χ4n) is 2.21. The summed E-state index contributed by atoms with van der Waals surface area (Å²) in [5.74, 6) is -1.02. The summed E-state index contributed by atoms with van der Waals surface area (Å²) in [5, 5.41) is 2.53. The standard InChI is InChI=1S/C18H20F2N2O4S/c1-27(24,25)22(12-14-4-2-3-5-17(14)20)13-18(23)21-10-11-26-16-8-6-15(19)7-9-16/h2-9H,10-13H2,1H3,(H,21,23). The minimum absolute atomic E-state index is 0.129. The number of nitrogens with one attached hydrogen (secondary N) is 1. The molecule has 2 aromatic carbocycles. The third-order valence-electron chi connectivity index (χ3n) is 3.60. The average Bonchev–Trinajstić information content (AvgIpc) is 2.60. The molecule has 0 aromatic heterocycles. The van der Waals surface area contributed by atoms with Gasteiger partial charge >= 0.3 is 0 Å². The van der Waals surface area contributed by atoms with Crippen molar-refractivity contribution in [2.75, 3.05) is 26.0 Å². The number of rotatable bonds is 9. The summed E-state index contributed by atoms with van der Waals surface area (Å²) in [4.78, 5) is 12.0. The molecule has 1 amide bonds. The lowest BCUT2D eigenvalue weighted by molar-refractivity contribution is -0.121. The third kappa shape index (κ3) is 6.95. The molecular weight excluding hydrogens is 378 g/mol. The summed E-state index contributed by atoms with van der Waals surface area (Å²) in [7, 11) is -3.71. The molecule has 0 aliphatic carbocycles. The highest BCUT2D eigenvalue weighted by atomic mass is 32.2. The van der Waals surface area contributed by atoms with E-state index in [-0.39, 0.29) is 31.1 Å². The van der Waals surface area contributed by atoms with Gasteiger partial charge in [0.25, 0.3) is 0 Å². The monoisotopic (exact) mass is 398 g/mol. The maximum absolute atomic E-state index is 13.7. The summed E-state index contributed by atoms with van der Waals surface area (Å²) in [6.45, 7) is -0.425. The molecule has 0 heterocycles. The number of ether oxygens (including phenoxy) is 1. The molecule has 0 spiro atoms. The van der Waals surface area contributed by atoms with Gasteiger partial charge in [-0.1, -0.05) is 18.2 Å². The van der Waals surface area contributed by atoms with E-state index in [9.17, 15) is 22.0 Å². The molecule has 0 aliphatic heterocycles. The molecule has 0 atom stereocenters. The maximum Gasteiger partial charge on any atom is 0.235 e. The van der Waals surface area contributed by atoms with Gasteiger partial charge in [0.05, 0.1) is 19.3 Å². The Morgan fingerprint density at radius 2 is 1.78 bits per heavy atom. The molecule has 1 N–H and O–H groups in total. The first kappa shape index (κ1) is 20.8. The Hall–Kier alpha value is -2.52. The lowest BCUT2D eigenvalue weighted by Crippen LogP contribution is -2.41. The number of hydrogen-bond donors (Lipinski definition) is 1. The third-order valence-corrected chi connectivity index (χ3v) is 4.80. The molecule has 27 heavy (non-hydrogen) atoms. The van der Waals surface area contributed by atoms with E-state index >= 15 is 0 Å². The van der Waals surface area contributed by atoms with Crippen LogP contribution in [-0.4, -0.2) is 44.6 Å². The van der Waals surface area contributed by atoms with Crippen molar-refractivity contribution in [1.82, 2.24) is 9.62 Å². The van der Waals surface area contributed by atoms with E-state index in [1.165, 1.54) is 42.5 Å². The quantitative estimate of drug-likeness (QED) is 0.655. The van der Waals surface area contributed by atoms with Gasteiger partial charge in [-0.2, -0.15) is 4.31 Å². The fourth-order valence-corrected chi connectivity index (χ4v) is 2.94. The predicted octanol–water partition coefficient (Wildman–Crippen LogP) is 1.92. The van der Waals surface area contributed by atoms with E-state index in [0.717, 1.165) is 10.6 Å². The summed E-state index contributed by atoms with van der Waals surface area (Å²) in [5.41, 5.74) is 0.176. The summed E-state index contributed by atoms with van der Waals surface area (Å²) in [6.07, 6.45) is 0.957. The largest absolute Gasteiger partial charge is 0.492 e. The number of benzene rings is 2. The number of hydrogen-bond acceptors (Lipinski definition) is 4.